The van der Waals surface area contributed by atoms with Crippen molar-refractivity contribution >= 4 is 21.3 Å². The molecule has 1 aromatic rings. The quantitative estimate of drug-likeness (QED) is 0.413. The molecule has 1 aliphatic carbocycles. The van der Waals surface area contributed by atoms with Gasteiger partial charge in [-0.3, -0.25) is 4.79 Å². The molecule has 0 aromatic heterocycles. The zero-order chi connectivity index (χ0) is 18.4. The molecular formula is C19H27NO4S. The zero-order valence-electron chi connectivity index (χ0n) is 15.0. The number of sulfone groups is 1. The third-order valence-corrected chi connectivity index (χ3v) is 7.03. The van der Waals surface area contributed by atoms with E-state index >= 15 is 0 Å². The van der Waals surface area contributed by atoms with Gasteiger partial charge in [0.15, 0.2) is 9.84 Å². The summed E-state index contributed by atoms with van der Waals surface area (Å²) in [6.45, 7) is 3.40. The molecule has 5 nitrogen and oxygen atoms in total. The van der Waals surface area contributed by atoms with Gasteiger partial charge < -0.3 is 5.21 Å². The molecule has 25 heavy (non-hydrogen) atoms. The molecule has 0 fully saturated rings. The van der Waals surface area contributed by atoms with E-state index in [0.29, 0.717) is 25.0 Å². The van der Waals surface area contributed by atoms with Crippen LogP contribution < -0.4 is 0 Å². The summed E-state index contributed by atoms with van der Waals surface area (Å²) < 4.78 is 23.4. The fourth-order valence-corrected chi connectivity index (χ4v) is 4.17. The van der Waals surface area contributed by atoms with Gasteiger partial charge in [0.25, 0.3) is 0 Å². The van der Waals surface area contributed by atoms with Gasteiger partial charge >= 0.3 is 0 Å². The number of hydrogen-bond acceptors (Lipinski definition) is 5. The van der Waals surface area contributed by atoms with Crippen molar-refractivity contribution in [2.75, 3.05) is 5.75 Å². The first-order chi connectivity index (χ1) is 11.8. The molecular weight excluding hydrogens is 338 g/mol. The number of carbonyl (C=O) groups is 1. The molecule has 0 bridgehead atoms. The first kappa shape index (κ1) is 19.6. The number of Topliss-reactive ketones (excluding diaryl/α,β-unsaturated/α-hetero) is 1. The number of fused-ring (bicyclic) bond motifs is 1. The van der Waals surface area contributed by atoms with Crippen LogP contribution >= 0.6 is 0 Å². The number of unbranched alkanes of at least 4 members (excludes halogenated alkanes) is 2. The van der Waals surface area contributed by atoms with E-state index in [1.807, 2.05) is 18.2 Å². The molecule has 138 valence electrons. The standard InChI is InChI=1S/C19H27NO4S/c1-14(2)25(23,24)11-5-3-4-6-17(21)13-15-7-9-18-16(12-15)8-10-19(18)20-22/h7,9,12,14,22H,3-6,8,10-11,13H2,1-2H3/b20-19+. The van der Waals surface area contributed by atoms with Gasteiger partial charge in [-0.1, -0.05) is 29.8 Å². The van der Waals surface area contributed by atoms with Crippen molar-refractivity contribution < 1.29 is 18.4 Å². The molecule has 0 spiro atoms. The number of nitrogens with zero attached hydrogens (tertiary/aromatic N) is 1. The van der Waals surface area contributed by atoms with Gasteiger partial charge in [0, 0.05) is 18.4 Å². The highest BCUT2D eigenvalue weighted by molar-refractivity contribution is 7.91. The van der Waals surface area contributed by atoms with Crippen LogP contribution in [0.3, 0.4) is 0 Å². The number of aryl methyl sites for hydroxylation is 1. The fraction of sp³-hybridized carbons (Fsp3) is 0.579. The number of rotatable bonds is 9. The van der Waals surface area contributed by atoms with E-state index in [0.717, 1.165) is 42.4 Å². The Morgan fingerprint density at radius 1 is 1.20 bits per heavy atom. The lowest BCUT2D eigenvalue weighted by Crippen LogP contribution is -2.17. The second kappa shape index (κ2) is 8.61. The Morgan fingerprint density at radius 2 is 1.96 bits per heavy atom. The van der Waals surface area contributed by atoms with E-state index in [1.54, 1.807) is 13.8 Å². The van der Waals surface area contributed by atoms with Crippen LogP contribution in [0.5, 0.6) is 0 Å². The molecule has 1 aromatic carbocycles. The van der Waals surface area contributed by atoms with Crippen molar-refractivity contribution in [1.82, 2.24) is 0 Å². The van der Waals surface area contributed by atoms with Gasteiger partial charge in [-0.2, -0.15) is 0 Å². The minimum atomic E-state index is -2.97. The third-order valence-electron chi connectivity index (χ3n) is 4.74. The average molecular weight is 365 g/mol. The maximum atomic E-state index is 12.1. The number of carbonyl (C=O) groups excluding carboxylic acids is 1. The van der Waals surface area contributed by atoms with E-state index in [-0.39, 0.29) is 16.8 Å². The molecule has 0 radical (unpaired) electrons. The average Bonchev–Trinajstić information content (AvgIpc) is 2.96. The maximum absolute atomic E-state index is 12.1. The Hall–Kier alpha value is -1.69. The van der Waals surface area contributed by atoms with Crippen molar-refractivity contribution in [2.24, 2.45) is 5.16 Å². The van der Waals surface area contributed by atoms with Gasteiger partial charge in [-0.25, -0.2) is 8.42 Å². The molecule has 0 saturated heterocycles. The Bertz CT molecular complexity index is 751. The van der Waals surface area contributed by atoms with Gasteiger partial charge in [0.2, 0.25) is 0 Å². The van der Waals surface area contributed by atoms with Crippen LogP contribution in [0.1, 0.15) is 62.6 Å². The Morgan fingerprint density at radius 3 is 2.64 bits per heavy atom. The summed E-state index contributed by atoms with van der Waals surface area (Å²) in [4.78, 5) is 12.1. The minimum Gasteiger partial charge on any atom is -0.411 e. The third kappa shape index (κ3) is 5.39. The minimum absolute atomic E-state index is 0.181. The number of hydrogen-bond donors (Lipinski definition) is 1. The molecule has 1 aliphatic rings. The van der Waals surface area contributed by atoms with Crippen LogP contribution in [-0.4, -0.2) is 36.1 Å². The summed E-state index contributed by atoms with van der Waals surface area (Å²) in [6.07, 6.45) is 4.60. The lowest BCUT2D eigenvalue weighted by Gasteiger charge is -2.07. The number of benzene rings is 1. The summed E-state index contributed by atoms with van der Waals surface area (Å²) in [6, 6.07) is 5.87. The summed E-state index contributed by atoms with van der Waals surface area (Å²) >= 11 is 0. The summed E-state index contributed by atoms with van der Waals surface area (Å²) in [5.74, 6) is 0.388. The summed E-state index contributed by atoms with van der Waals surface area (Å²) in [5, 5.41) is 11.9. The van der Waals surface area contributed by atoms with Crippen LogP contribution in [0.25, 0.3) is 0 Å². The molecule has 0 amide bonds. The topological polar surface area (TPSA) is 83.8 Å². The van der Waals surface area contributed by atoms with Crippen molar-refractivity contribution in [2.45, 2.75) is 64.0 Å². The molecule has 0 saturated carbocycles. The van der Waals surface area contributed by atoms with E-state index in [2.05, 4.69) is 5.16 Å². The van der Waals surface area contributed by atoms with Crippen molar-refractivity contribution in [1.29, 1.82) is 0 Å². The summed E-state index contributed by atoms with van der Waals surface area (Å²) in [7, 11) is -2.97. The first-order valence-electron chi connectivity index (χ1n) is 8.90. The molecule has 0 unspecified atom stereocenters. The van der Waals surface area contributed by atoms with Crippen LogP contribution in [-0.2, 0) is 27.5 Å². The molecule has 0 atom stereocenters. The molecule has 2 rings (SSSR count). The van der Waals surface area contributed by atoms with Crippen LogP contribution in [0.2, 0.25) is 0 Å². The van der Waals surface area contributed by atoms with Crippen molar-refractivity contribution in [3.05, 3.63) is 34.9 Å². The van der Waals surface area contributed by atoms with Gasteiger partial charge in [0.1, 0.15) is 5.78 Å². The van der Waals surface area contributed by atoms with Crippen LogP contribution in [0.4, 0.5) is 0 Å². The lowest BCUT2D eigenvalue weighted by molar-refractivity contribution is -0.118. The van der Waals surface area contributed by atoms with E-state index in [9.17, 15) is 13.2 Å². The highest BCUT2D eigenvalue weighted by atomic mass is 32.2. The number of ketones is 1. The smallest absolute Gasteiger partial charge is 0.152 e. The Labute approximate surface area is 150 Å². The van der Waals surface area contributed by atoms with Gasteiger partial charge in [-0.15, -0.1) is 0 Å². The van der Waals surface area contributed by atoms with E-state index in [1.165, 1.54) is 0 Å². The molecule has 0 heterocycles. The second-order valence-electron chi connectivity index (χ2n) is 6.98. The predicted molar refractivity (Wildman–Crippen MR) is 99.2 cm³/mol. The van der Waals surface area contributed by atoms with Crippen LogP contribution in [0, 0.1) is 0 Å². The summed E-state index contributed by atoms with van der Waals surface area (Å²) in [5.41, 5.74) is 3.82. The normalized spacial score (nSPS) is 15.7. The lowest BCUT2D eigenvalue weighted by atomic mass is 10.0. The van der Waals surface area contributed by atoms with E-state index < -0.39 is 9.84 Å². The van der Waals surface area contributed by atoms with Crippen molar-refractivity contribution in [3.63, 3.8) is 0 Å². The highest BCUT2D eigenvalue weighted by Crippen LogP contribution is 2.24. The number of oxime groups is 1. The predicted octanol–water partition coefficient (Wildman–Crippen LogP) is 3.31. The monoisotopic (exact) mass is 365 g/mol. The highest BCUT2D eigenvalue weighted by Gasteiger charge is 2.19. The van der Waals surface area contributed by atoms with Gasteiger partial charge in [0.05, 0.1) is 16.7 Å². The molecule has 1 N–H and O–H groups in total. The second-order valence-corrected chi connectivity index (χ2v) is 9.66. The molecule has 0 aliphatic heterocycles. The van der Waals surface area contributed by atoms with Crippen molar-refractivity contribution in [3.8, 4) is 0 Å². The first-order valence-corrected chi connectivity index (χ1v) is 10.6. The Kier molecular flexibility index (Phi) is 6.76. The zero-order valence-corrected chi connectivity index (χ0v) is 15.8. The fourth-order valence-electron chi connectivity index (χ4n) is 3.09. The molecule has 6 heteroatoms. The maximum Gasteiger partial charge on any atom is 0.152 e. The van der Waals surface area contributed by atoms with E-state index in [4.69, 9.17) is 5.21 Å². The van der Waals surface area contributed by atoms with Gasteiger partial charge in [-0.05, 0) is 50.7 Å². The largest absolute Gasteiger partial charge is 0.411 e. The van der Waals surface area contributed by atoms with Crippen LogP contribution in [0.15, 0.2) is 23.4 Å². The SMILES string of the molecule is CC(C)S(=O)(=O)CCCCCC(=O)Cc1ccc2c(c1)CC/C2=N\O. The Balaban J connectivity index is 1.75.